The van der Waals surface area contributed by atoms with E-state index in [4.69, 9.17) is 9.72 Å². The van der Waals surface area contributed by atoms with Crippen LogP contribution in [0.3, 0.4) is 0 Å². The largest absolute Gasteiger partial charge is 0.459 e. The molecule has 0 bridgehead atoms. The Morgan fingerprint density at radius 3 is 2.56 bits per heavy atom. The summed E-state index contributed by atoms with van der Waals surface area (Å²) in [6.07, 6.45) is 3.30. The van der Waals surface area contributed by atoms with E-state index in [2.05, 4.69) is 15.0 Å². The zero-order valence-electron chi connectivity index (χ0n) is 18.8. The Labute approximate surface area is 197 Å². The Kier molecular flexibility index (Phi) is 7.29. The maximum atomic E-state index is 12.8. The van der Waals surface area contributed by atoms with Crippen molar-refractivity contribution in [3.05, 3.63) is 71.8 Å². The number of ether oxygens (including phenoxy) is 2. The summed E-state index contributed by atoms with van der Waals surface area (Å²) in [5, 5.41) is 3.44. The third kappa shape index (κ3) is 5.47. The van der Waals surface area contributed by atoms with Crippen LogP contribution in [0.2, 0.25) is 0 Å². The molecular weight excluding hydrogens is 434 g/mol. The number of pyridine rings is 1. The number of anilines is 2. The van der Waals surface area contributed by atoms with E-state index < -0.39 is 11.9 Å². The van der Waals surface area contributed by atoms with Crippen LogP contribution in [0.4, 0.5) is 11.5 Å². The number of ketones is 1. The number of morpholine rings is 1. The highest BCUT2D eigenvalue weighted by molar-refractivity contribution is 6.37. The van der Waals surface area contributed by atoms with E-state index in [9.17, 15) is 14.4 Å². The van der Waals surface area contributed by atoms with Crippen molar-refractivity contribution in [1.29, 1.82) is 0 Å². The lowest BCUT2D eigenvalue weighted by molar-refractivity contribution is -0.152. The van der Waals surface area contributed by atoms with Crippen molar-refractivity contribution < 1.29 is 23.9 Å². The number of benzene rings is 2. The minimum Gasteiger partial charge on any atom is -0.459 e. The molecule has 4 rings (SSSR count). The third-order valence-electron chi connectivity index (χ3n) is 5.35. The van der Waals surface area contributed by atoms with Gasteiger partial charge in [0.15, 0.2) is 5.78 Å². The first-order chi connectivity index (χ1) is 16.5. The normalized spacial score (nSPS) is 13.7. The van der Waals surface area contributed by atoms with Crippen LogP contribution >= 0.6 is 0 Å². The van der Waals surface area contributed by atoms with Gasteiger partial charge in [0.25, 0.3) is 0 Å². The molecule has 34 heavy (non-hydrogen) atoms. The highest BCUT2D eigenvalue weighted by Crippen LogP contribution is 2.26. The van der Waals surface area contributed by atoms with E-state index >= 15 is 0 Å². The molecule has 0 aliphatic carbocycles. The molecule has 0 radical (unpaired) electrons. The summed E-state index contributed by atoms with van der Waals surface area (Å²) in [6, 6.07) is 16.2. The molecule has 0 unspecified atom stereocenters. The molecule has 2 aromatic carbocycles. The zero-order chi connectivity index (χ0) is 23.9. The van der Waals surface area contributed by atoms with E-state index in [1.807, 2.05) is 30.3 Å². The van der Waals surface area contributed by atoms with Crippen molar-refractivity contribution in [2.24, 2.45) is 0 Å². The number of carbonyl (C=O) groups is 3. The highest BCUT2D eigenvalue weighted by Gasteiger charge is 2.17. The van der Waals surface area contributed by atoms with Crippen LogP contribution in [-0.4, -0.2) is 55.6 Å². The maximum absolute atomic E-state index is 12.8. The number of nitrogens with one attached hydrogen (secondary N) is 1. The number of carbonyl (C=O) groups excluding carboxylic acids is 3. The second-order valence-electron chi connectivity index (χ2n) is 7.64. The monoisotopic (exact) mass is 459 g/mol. The highest BCUT2D eigenvalue weighted by atomic mass is 16.5. The Balaban J connectivity index is 1.52. The Bertz CT molecular complexity index is 1230. The van der Waals surface area contributed by atoms with Gasteiger partial charge in [-0.1, -0.05) is 18.2 Å². The number of para-hydroxylation sites is 1. The molecular formula is C26H25N3O5. The number of allylic oxidation sites excluding steroid dienone is 1. The molecule has 1 saturated heterocycles. The molecule has 1 fully saturated rings. The van der Waals surface area contributed by atoms with E-state index in [1.54, 1.807) is 37.3 Å². The first kappa shape index (κ1) is 23.1. The number of nitrogens with zero attached hydrogens (tertiary/aromatic N) is 2. The van der Waals surface area contributed by atoms with Crippen molar-refractivity contribution in [2.75, 3.05) is 43.1 Å². The quantitative estimate of drug-likeness (QED) is 0.261. The summed E-state index contributed by atoms with van der Waals surface area (Å²) in [7, 11) is 0. The first-order valence-corrected chi connectivity index (χ1v) is 11.1. The van der Waals surface area contributed by atoms with Crippen molar-refractivity contribution in [3.63, 3.8) is 0 Å². The number of amides is 1. The predicted octanol–water partition coefficient (Wildman–Crippen LogP) is 3.47. The molecule has 8 heteroatoms. The predicted molar refractivity (Wildman–Crippen MR) is 130 cm³/mol. The third-order valence-corrected chi connectivity index (χ3v) is 5.35. The average Bonchev–Trinajstić information content (AvgIpc) is 2.87. The van der Waals surface area contributed by atoms with E-state index in [0.717, 1.165) is 35.4 Å². The zero-order valence-corrected chi connectivity index (χ0v) is 18.8. The Morgan fingerprint density at radius 1 is 1.09 bits per heavy atom. The van der Waals surface area contributed by atoms with Crippen LogP contribution in [0.15, 0.2) is 60.7 Å². The fraction of sp³-hybridized carbons (Fsp3) is 0.231. The summed E-state index contributed by atoms with van der Waals surface area (Å²) in [6.45, 7) is 4.48. The van der Waals surface area contributed by atoms with Gasteiger partial charge >= 0.3 is 11.9 Å². The topological polar surface area (TPSA) is 97.8 Å². The fourth-order valence-electron chi connectivity index (χ4n) is 3.63. The molecule has 1 aromatic heterocycles. The van der Waals surface area contributed by atoms with Gasteiger partial charge in [-0.05, 0) is 55.5 Å². The van der Waals surface area contributed by atoms with Crippen molar-refractivity contribution in [3.8, 4) is 0 Å². The fourth-order valence-corrected chi connectivity index (χ4v) is 3.63. The summed E-state index contributed by atoms with van der Waals surface area (Å²) in [5.74, 6) is -1.18. The van der Waals surface area contributed by atoms with Gasteiger partial charge in [0.05, 0.1) is 25.3 Å². The smallest absolute Gasteiger partial charge is 0.397 e. The van der Waals surface area contributed by atoms with E-state index in [-0.39, 0.29) is 12.4 Å². The number of aromatic nitrogens is 1. The average molecular weight is 460 g/mol. The molecule has 0 saturated carbocycles. The molecule has 1 N–H and O–H groups in total. The molecule has 3 aromatic rings. The lowest BCUT2D eigenvalue weighted by Crippen LogP contribution is -2.37. The van der Waals surface area contributed by atoms with Crippen molar-refractivity contribution >= 4 is 46.1 Å². The number of esters is 1. The summed E-state index contributed by atoms with van der Waals surface area (Å²) < 4.78 is 10.1. The molecule has 174 valence electrons. The first-order valence-electron chi connectivity index (χ1n) is 11.1. The lowest BCUT2D eigenvalue weighted by Gasteiger charge is -2.29. The van der Waals surface area contributed by atoms with Crippen LogP contribution in [0.25, 0.3) is 17.0 Å². The number of rotatable bonds is 6. The molecule has 2 heterocycles. The minimum atomic E-state index is -0.953. The van der Waals surface area contributed by atoms with E-state index in [0.29, 0.717) is 24.5 Å². The van der Waals surface area contributed by atoms with Crippen molar-refractivity contribution in [1.82, 2.24) is 4.98 Å². The van der Waals surface area contributed by atoms with Gasteiger partial charge in [0, 0.05) is 35.3 Å². The standard InChI is InChI=1S/C26H25N3O5/c1-2-34-26(32)25(31)27-21-10-7-18(8-11-21)23(30)12-9-20-17-19-5-3-4-6-22(19)28-24(20)29-13-15-33-16-14-29/h3-12,17H,2,13-16H2,1H3,(H,27,31)/b12-9+. The molecule has 0 atom stereocenters. The van der Waals surface area contributed by atoms with Gasteiger partial charge in [0.1, 0.15) is 5.82 Å². The van der Waals surface area contributed by atoms with Gasteiger partial charge in [-0.15, -0.1) is 0 Å². The molecule has 1 aliphatic rings. The molecule has 1 amide bonds. The minimum absolute atomic E-state index is 0.117. The SMILES string of the molecule is CCOC(=O)C(=O)Nc1ccc(C(=O)/C=C/c2cc3ccccc3nc2N2CCOCC2)cc1. The van der Waals surface area contributed by atoms with Crippen LogP contribution in [0, 0.1) is 0 Å². The second-order valence-corrected chi connectivity index (χ2v) is 7.64. The van der Waals surface area contributed by atoms with E-state index in [1.165, 1.54) is 6.08 Å². The summed E-state index contributed by atoms with van der Waals surface area (Å²) >= 11 is 0. The number of hydrogen-bond donors (Lipinski definition) is 1. The van der Waals surface area contributed by atoms with Gasteiger partial charge < -0.3 is 19.7 Å². The molecule has 1 aliphatic heterocycles. The lowest BCUT2D eigenvalue weighted by atomic mass is 10.1. The molecule has 0 spiro atoms. The Hall–Kier alpha value is -4.04. The van der Waals surface area contributed by atoms with Gasteiger partial charge in [-0.2, -0.15) is 0 Å². The second kappa shape index (κ2) is 10.7. The van der Waals surface area contributed by atoms with Gasteiger partial charge in [-0.3, -0.25) is 9.59 Å². The number of fused-ring (bicyclic) bond motifs is 1. The maximum Gasteiger partial charge on any atom is 0.397 e. The van der Waals surface area contributed by atoms with Crippen molar-refractivity contribution in [2.45, 2.75) is 6.92 Å². The summed E-state index contributed by atoms with van der Waals surface area (Å²) in [4.78, 5) is 43.0. The van der Waals surface area contributed by atoms with Gasteiger partial charge in [-0.25, -0.2) is 9.78 Å². The Morgan fingerprint density at radius 2 is 1.82 bits per heavy atom. The van der Waals surface area contributed by atoms with Gasteiger partial charge in [0.2, 0.25) is 0 Å². The molecule has 8 nitrogen and oxygen atoms in total. The van der Waals surface area contributed by atoms with Crippen LogP contribution in [-0.2, 0) is 19.1 Å². The summed E-state index contributed by atoms with van der Waals surface area (Å²) in [5.41, 5.74) is 2.60. The van der Waals surface area contributed by atoms with Crippen LogP contribution in [0.1, 0.15) is 22.8 Å². The number of hydrogen-bond acceptors (Lipinski definition) is 7. The van der Waals surface area contributed by atoms with Crippen LogP contribution in [0.5, 0.6) is 0 Å². The van der Waals surface area contributed by atoms with Crippen LogP contribution < -0.4 is 10.2 Å².